The van der Waals surface area contributed by atoms with E-state index in [1.807, 2.05) is 42.5 Å². The van der Waals surface area contributed by atoms with Gasteiger partial charge in [0.2, 0.25) is 12.7 Å². The van der Waals surface area contributed by atoms with Crippen molar-refractivity contribution >= 4 is 21.8 Å². The van der Waals surface area contributed by atoms with E-state index in [9.17, 15) is 4.79 Å². The van der Waals surface area contributed by atoms with E-state index in [0.29, 0.717) is 36.8 Å². The molecule has 0 saturated carbocycles. The highest BCUT2D eigenvalue weighted by molar-refractivity contribution is 9.10. The molecule has 0 bridgehead atoms. The number of benzene rings is 2. The van der Waals surface area contributed by atoms with Gasteiger partial charge < -0.3 is 19.2 Å². The van der Waals surface area contributed by atoms with Gasteiger partial charge >= 0.3 is 0 Å². The predicted octanol–water partition coefficient (Wildman–Crippen LogP) is 4.08. The first kappa shape index (κ1) is 17.6. The molecular weight excluding hydrogens is 412 g/mol. The number of nitrogens with zero attached hydrogens (tertiary/aromatic N) is 1. The van der Waals surface area contributed by atoms with Crippen LogP contribution in [0.5, 0.6) is 11.5 Å². The van der Waals surface area contributed by atoms with E-state index in [1.54, 1.807) is 6.20 Å². The Hall–Kier alpha value is -2.80. The molecule has 0 spiro atoms. The average Bonchev–Trinajstić information content (AvgIpc) is 3.33. The van der Waals surface area contributed by atoms with Gasteiger partial charge in [-0.15, -0.1) is 0 Å². The Balaban J connectivity index is 1.28. The number of hydrogen-bond donors (Lipinski definition) is 1. The van der Waals surface area contributed by atoms with Crippen LogP contribution in [0, 0.1) is 0 Å². The maximum absolute atomic E-state index is 12.1. The molecule has 0 unspecified atom stereocenters. The summed E-state index contributed by atoms with van der Waals surface area (Å²) in [6.07, 6.45) is 2.44. The Bertz CT molecular complexity index is 970. The molecule has 3 aromatic rings. The number of aromatic nitrogens is 1. The first-order valence-corrected chi connectivity index (χ1v) is 9.32. The number of carbonyl (C=O) groups is 1. The summed E-state index contributed by atoms with van der Waals surface area (Å²) in [6.45, 7) is 0.674. The van der Waals surface area contributed by atoms with E-state index in [2.05, 4.69) is 26.2 Å². The van der Waals surface area contributed by atoms with Crippen molar-refractivity contribution in [3.05, 3.63) is 64.6 Å². The summed E-state index contributed by atoms with van der Waals surface area (Å²) in [4.78, 5) is 16.4. The summed E-state index contributed by atoms with van der Waals surface area (Å²) >= 11 is 3.44. The number of fused-ring (bicyclic) bond motifs is 1. The van der Waals surface area contributed by atoms with Crippen LogP contribution in [0.25, 0.3) is 11.3 Å². The molecule has 2 aromatic carbocycles. The van der Waals surface area contributed by atoms with Crippen molar-refractivity contribution in [2.45, 2.75) is 19.4 Å². The van der Waals surface area contributed by atoms with Crippen LogP contribution in [0.4, 0.5) is 0 Å². The van der Waals surface area contributed by atoms with Crippen LogP contribution >= 0.6 is 15.9 Å². The summed E-state index contributed by atoms with van der Waals surface area (Å²) in [6, 6.07) is 13.4. The fraction of sp³-hybridized carbons (Fsp3) is 0.200. The first-order chi connectivity index (χ1) is 13.2. The minimum Gasteiger partial charge on any atom is -0.454 e. The van der Waals surface area contributed by atoms with E-state index in [1.165, 1.54) is 0 Å². The number of oxazole rings is 1. The Kier molecular flexibility index (Phi) is 5.11. The molecular formula is C20H17BrN2O4. The fourth-order valence-corrected chi connectivity index (χ4v) is 3.16. The van der Waals surface area contributed by atoms with Gasteiger partial charge in [0.15, 0.2) is 23.1 Å². The monoisotopic (exact) mass is 428 g/mol. The zero-order valence-corrected chi connectivity index (χ0v) is 16.0. The second kappa shape index (κ2) is 7.84. The summed E-state index contributed by atoms with van der Waals surface area (Å²) in [5.74, 6) is 2.61. The van der Waals surface area contributed by atoms with Crippen molar-refractivity contribution in [2.75, 3.05) is 6.79 Å². The smallest absolute Gasteiger partial charge is 0.231 e. The molecule has 1 aliphatic rings. The molecule has 1 aromatic heterocycles. The molecule has 2 heterocycles. The SMILES string of the molecule is O=C(CCc1ncc(-c2cccc(Br)c2)o1)NCc1ccc2c(c1)OCO2. The number of halogens is 1. The molecule has 0 aliphatic carbocycles. The molecule has 138 valence electrons. The number of aryl methyl sites for hydroxylation is 1. The van der Waals surface area contributed by atoms with Gasteiger partial charge in [-0.2, -0.15) is 0 Å². The zero-order chi connectivity index (χ0) is 18.6. The van der Waals surface area contributed by atoms with E-state index in [4.69, 9.17) is 13.9 Å². The van der Waals surface area contributed by atoms with Crippen LogP contribution in [0.15, 0.2) is 57.6 Å². The highest BCUT2D eigenvalue weighted by Gasteiger charge is 2.14. The van der Waals surface area contributed by atoms with Crippen LogP contribution < -0.4 is 14.8 Å². The molecule has 0 saturated heterocycles. The lowest BCUT2D eigenvalue weighted by atomic mass is 10.2. The van der Waals surface area contributed by atoms with Gasteiger partial charge in [0.05, 0.1) is 6.20 Å². The first-order valence-electron chi connectivity index (χ1n) is 8.53. The second-order valence-electron chi connectivity index (χ2n) is 6.09. The second-order valence-corrected chi connectivity index (χ2v) is 7.01. The number of carbonyl (C=O) groups excluding carboxylic acids is 1. The van der Waals surface area contributed by atoms with Crippen LogP contribution in [-0.2, 0) is 17.8 Å². The third-order valence-corrected chi connectivity index (χ3v) is 4.65. The summed E-state index contributed by atoms with van der Waals surface area (Å²) in [5, 5.41) is 2.90. The van der Waals surface area contributed by atoms with Gasteiger partial charge in [0.1, 0.15) is 0 Å². The number of ether oxygens (including phenoxy) is 2. The van der Waals surface area contributed by atoms with E-state index < -0.39 is 0 Å². The number of hydrogen-bond acceptors (Lipinski definition) is 5. The van der Waals surface area contributed by atoms with Crippen molar-refractivity contribution in [1.29, 1.82) is 0 Å². The lowest BCUT2D eigenvalue weighted by molar-refractivity contribution is -0.121. The molecule has 0 radical (unpaired) electrons. The van der Waals surface area contributed by atoms with Crippen LogP contribution in [0.2, 0.25) is 0 Å². The third kappa shape index (κ3) is 4.31. The summed E-state index contributed by atoms with van der Waals surface area (Å²) in [7, 11) is 0. The van der Waals surface area contributed by atoms with E-state index in [0.717, 1.165) is 21.3 Å². The van der Waals surface area contributed by atoms with Crippen molar-refractivity contribution in [1.82, 2.24) is 10.3 Å². The van der Waals surface area contributed by atoms with Crippen molar-refractivity contribution in [2.24, 2.45) is 0 Å². The summed E-state index contributed by atoms with van der Waals surface area (Å²) in [5.41, 5.74) is 1.90. The standard InChI is InChI=1S/C20H17BrN2O4/c21-15-3-1-2-14(9-15)18-11-23-20(27-18)7-6-19(24)22-10-13-4-5-16-17(8-13)26-12-25-16/h1-5,8-9,11H,6-7,10,12H2,(H,22,24). The molecule has 1 amide bonds. The Morgan fingerprint density at radius 2 is 2.04 bits per heavy atom. The van der Waals surface area contributed by atoms with Crippen molar-refractivity contribution in [3.63, 3.8) is 0 Å². The molecule has 1 aliphatic heterocycles. The van der Waals surface area contributed by atoms with Gasteiger partial charge in [-0.1, -0.05) is 34.1 Å². The Morgan fingerprint density at radius 3 is 2.93 bits per heavy atom. The third-order valence-electron chi connectivity index (χ3n) is 4.16. The van der Waals surface area contributed by atoms with E-state index in [-0.39, 0.29) is 12.7 Å². The molecule has 27 heavy (non-hydrogen) atoms. The number of amides is 1. The topological polar surface area (TPSA) is 73.6 Å². The highest BCUT2D eigenvalue weighted by Crippen LogP contribution is 2.32. The zero-order valence-electron chi connectivity index (χ0n) is 14.4. The number of nitrogens with one attached hydrogen (secondary N) is 1. The lowest BCUT2D eigenvalue weighted by Crippen LogP contribution is -2.23. The molecule has 0 atom stereocenters. The largest absolute Gasteiger partial charge is 0.454 e. The lowest BCUT2D eigenvalue weighted by Gasteiger charge is -2.05. The van der Waals surface area contributed by atoms with Crippen molar-refractivity contribution < 1.29 is 18.7 Å². The quantitative estimate of drug-likeness (QED) is 0.639. The van der Waals surface area contributed by atoms with Gasteiger partial charge in [0.25, 0.3) is 0 Å². The predicted molar refractivity (Wildman–Crippen MR) is 102 cm³/mol. The maximum atomic E-state index is 12.1. The van der Waals surface area contributed by atoms with Crippen LogP contribution in [0.1, 0.15) is 17.9 Å². The van der Waals surface area contributed by atoms with Crippen LogP contribution in [0.3, 0.4) is 0 Å². The van der Waals surface area contributed by atoms with Gasteiger partial charge in [0, 0.05) is 29.4 Å². The fourth-order valence-electron chi connectivity index (χ4n) is 2.76. The number of rotatable bonds is 6. The minimum absolute atomic E-state index is 0.0603. The van der Waals surface area contributed by atoms with Gasteiger partial charge in [-0.3, -0.25) is 4.79 Å². The molecule has 6 nitrogen and oxygen atoms in total. The normalized spacial score (nSPS) is 12.2. The molecule has 0 fully saturated rings. The summed E-state index contributed by atoms with van der Waals surface area (Å²) < 4.78 is 17.3. The Morgan fingerprint density at radius 1 is 1.15 bits per heavy atom. The highest BCUT2D eigenvalue weighted by atomic mass is 79.9. The average molecular weight is 429 g/mol. The molecule has 4 rings (SSSR count). The van der Waals surface area contributed by atoms with E-state index >= 15 is 0 Å². The van der Waals surface area contributed by atoms with Crippen LogP contribution in [-0.4, -0.2) is 17.7 Å². The van der Waals surface area contributed by atoms with Gasteiger partial charge in [-0.25, -0.2) is 4.98 Å². The molecule has 1 N–H and O–H groups in total. The van der Waals surface area contributed by atoms with Gasteiger partial charge in [-0.05, 0) is 29.8 Å². The Labute approximate surface area is 164 Å². The maximum Gasteiger partial charge on any atom is 0.231 e. The molecule has 7 heteroatoms. The minimum atomic E-state index is -0.0603. The van der Waals surface area contributed by atoms with Crippen molar-refractivity contribution in [3.8, 4) is 22.8 Å².